The Hall–Kier alpha value is -0.120. The first-order valence-corrected chi connectivity index (χ1v) is 7.69. The van der Waals surface area contributed by atoms with Crippen molar-refractivity contribution in [3.8, 4) is 0 Å². The van der Waals surface area contributed by atoms with Gasteiger partial charge in [0, 0.05) is 11.6 Å². The zero-order valence-corrected chi connectivity index (χ0v) is 13.1. The van der Waals surface area contributed by atoms with Crippen molar-refractivity contribution < 1.29 is 5.11 Å². The lowest BCUT2D eigenvalue weighted by Gasteiger charge is -2.33. The smallest absolute Gasteiger partial charge is 0.0613 e. The topological polar surface area (TPSA) is 35.5 Å². The maximum absolute atomic E-state index is 9.61. The number of aliphatic hydroxyl groups excluding tert-OH is 1. The van der Waals surface area contributed by atoms with Crippen LogP contribution in [0.15, 0.2) is 0 Å². The first-order chi connectivity index (χ1) is 8.59. The van der Waals surface area contributed by atoms with Crippen molar-refractivity contribution in [3.05, 3.63) is 0 Å². The van der Waals surface area contributed by atoms with Crippen molar-refractivity contribution in [1.29, 1.82) is 0 Å². The summed E-state index contributed by atoms with van der Waals surface area (Å²) in [6, 6.07) is 0.666. The van der Waals surface area contributed by atoms with E-state index in [1.54, 1.807) is 0 Å². The molecule has 3 nitrogen and oxygen atoms in total. The molecule has 2 atom stereocenters. The molecule has 0 saturated heterocycles. The van der Waals surface area contributed by atoms with Crippen LogP contribution in [0.1, 0.15) is 60.3 Å². The molecule has 0 aromatic rings. The fraction of sp³-hybridized carbons (Fsp3) is 1.00. The largest absolute Gasteiger partial charge is 0.394 e. The lowest BCUT2D eigenvalue weighted by atomic mass is 9.91. The van der Waals surface area contributed by atoms with E-state index in [0.29, 0.717) is 6.04 Å². The van der Waals surface area contributed by atoms with Crippen molar-refractivity contribution in [2.45, 2.75) is 71.9 Å². The molecular formula is C15H34N2O. The monoisotopic (exact) mass is 258 g/mol. The first-order valence-electron chi connectivity index (χ1n) is 7.69. The van der Waals surface area contributed by atoms with Crippen LogP contribution in [0.2, 0.25) is 0 Å². The molecule has 0 spiro atoms. The van der Waals surface area contributed by atoms with Crippen LogP contribution in [0.3, 0.4) is 0 Å². The number of likely N-dealkylation sites (N-methyl/N-ethyl adjacent to an activating group) is 1. The maximum atomic E-state index is 9.61. The van der Waals surface area contributed by atoms with Crippen LogP contribution in [-0.4, -0.2) is 47.8 Å². The van der Waals surface area contributed by atoms with Crippen molar-refractivity contribution in [1.82, 2.24) is 10.2 Å². The Labute approximate surface area is 114 Å². The van der Waals surface area contributed by atoms with Gasteiger partial charge in [-0.2, -0.15) is 0 Å². The van der Waals surface area contributed by atoms with E-state index >= 15 is 0 Å². The van der Waals surface area contributed by atoms with Crippen molar-refractivity contribution in [3.63, 3.8) is 0 Å². The Morgan fingerprint density at radius 3 is 2.28 bits per heavy atom. The molecule has 0 heterocycles. The van der Waals surface area contributed by atoms with E-state index in [1.807, 2.05) is 0 Å². The van der Waals surface area contributed by atoms with Gasteiger partial charge in [0.1, 0.15) is 0 Å². The standard InChI is InChI=1S/C15H34N2O/c1-6-14(5)17(9-4)12-10-11-15(7-2,13-18)16-8-3/h14,16,18H,6-13H2,1-5H3. The average Bonchev–Trinajstić information content (AvgIpc) is 2.41. The van der Waals surface area contributed by atoms with Gasteiger partial charge in [-0.15, -0.1) is 0 Å². The summed E-state index contributed by atoms with van der Waals surface area (Å²) in [6.45, 7) is 14.5. The fourth-order valence-corrected chi connectivity index (χ4v) is 2.58. The molecule has 0 aromatic carbocycles. The summed E-state index contributed by atoms with van der Waals surface area (Å²) in [4.78, 5) is 2.53. The molecule has 2 unspecified atom stereocenters. The SMILES string of the molecule is CCNC(CC)(CO)CCCN(CC)C(C)CC. The molecule has 0 aromatic heterocycles. The molecule has 18 heavy (non-hydrogen) atoms. The Balaban J connectivity index is 4.19. The van der Waals surface area contributed by atoms with Crippen molar-refractivity contribution >= 4 is 0 Å². The third-order valence-corrected chi connectivity index (χ3v) is 4.25. The van der Waals surface area contributed by atoms with Crippen LogP contribution in [0, 0.1) is 0 Å². The van der Waals surface area contributed by atoms with E-state index in [2.05, 4.69) is 44.8 Å². The molecule has 0 aliphatic heterocycles. The van der Waals surface area contributed by atoms with Crippen LogP contribution in [-0.2, 0) is 0 Å². The fourth-order valence-electron chi connectivity index (χ4n) is 2.58. The highest BCUT2D eigenvalue weighted by atomic mass is 16.3. The lowest BCUT2D eigenvalue weighted by molar-refractivity contribution is 0.135. The molecule has 2 N–H and O–H groups in total. The normalized spacial score (nSPS) is 16.8. The van der Waals surface area contributed by atoms with E-state index in [9.17, 15) is 5.11 Å². The second-order valence-corrected chi connectivity index (χ2v) is 5.31. The molecule has 0 rings (SSSR count). The van der Waals surface area contributed by atoms with Gasteiger partial charge >= 0.3 is 0 Å². The average molecular weight is 258 g/mol. The zero-order chi connectivity index (χ0) is 14.0. The Morgan fingerprint density at radius 1 is 1.22 bits per heavy atom. The van der Waals surface area contributed by atoms with E-state index in [-0.39, 0.29) is 12.1 Å². The quantitative estimate of drug-likeness (QED) is 0.598. The second kappa shape index (κ2) is 9.76. The van der Waals surface area contributed by atoms with Crippen molar-refractivity contribution in [2.75, 3.05) is 26.2 Å². The van der Waals surface area contributed by atoms with Gasteiger partial charge in [-0.1, -0.05) is 27.7 Å². The van der Waals surface area contributed by atoms with Gasteiger partial charge in [0.25, 0.3) is 0 Å². The number of rotatable bonds is 11. The van der Waals surface area contributed by atoms with Gasteiger partial charge in [0.2, 0.25) is 0 Å². The number of hydrogen-bond acceptors (Lipinski definition) is 3. The molecule has 0 aliphatic carbocycles. The van der Waals surface area contributed by atoms with Gasteiger partial charge in [0.15, 0.2) is 0 Å². The molecule has 0 amide bonds. The molecule has 110 valence electrons. The van der Waals surface area contributed by atoms with E-state index in [0.717, 1.165) is 38.9 Å². The van der Waals surface area contributed by atoms with Crippen LogP contribution in [0.5, 0.6) is 0 Å². The van der Waals surface area contributed by atoms with Gasteiger partial charge in [-0.25, -0.2) is 0 Å². The van der Waals surface area contributed by atoms with Gasteiger partial charge < -0.3 is 15.3 Å². The first kappa shape index (κ1) is 17.9. The summed E-state index contributed by atoms with van der Waals surface area (Å²) < 4.78 is 0. The molecular weight excluding hydrogens is 224 g/mol. The minimum atomic E-state index is -0.0659. The Bertz CT molecular complexity index is 193. The highest BCUT2D eigenvalue weighted by Crippen LogP contribution is 2.18. The molecule has 3 heteroatoms. The highest BCUT2D eigenvalue weighted by molar-refractivity contribution is 4.86. The van der Waals surface area contributed by atoms with Crippen LogP contribution < -0.4 is 5.32 Å². The Morgan fingerprint density at radius 2 is 1.89 bits per heavy atom. The number of hydrogen-bond donors (Lipinski definition) is 2. The molecule has 0 bridgehead atoms. The summed E-state index contributed by atoms with van der Waals surface area (Å²) in [7, 11) is 0. The summed E-state index contributed by atoms with van der Waals surface area (Å²) >= 11 is 0. The van der Waals surface area contributed by atoms with Gasteiger partial charge in [0.05, 0.1) is 6.61 Å². The molecule has 0 radical (unpaired) electrons. The second-order valence-electron chi connectivity index (χ2n) is 5.31. The predicted octanol–water partition coefficient (Wildman–Crippen LogP) is 2.64. The molecule has 0 saturated carbocycles. The summed E-state index contributed by atoms with van der Waals surface area (Å²) in [5.41, 5.74) is -0.0659. The van der Waals surface area contributed by atoms with Crippen LogP contribution in [0.4, 0.5) is 0 Å². The van der Waals surface area contributed by atoms with Gasteiger partial charge in [-0.05, 0) is 52.2 Å². The zero-order valence-electron chi connectivity index (χ0n) is 13.1. The maximum Gasteiger partial charge on any atom is 0.0613 e. The number of aliphatic hydroxyl groups is 1. The third kappa shape index (κ3) is 5.68. The predicted molar refractivity (Wildman–Crippen MR) is 80.0 cm³/mol. The van der Waals surface area contributed by atoms with Crippen LogP contribution >= 0.6 is 0 Å². The summed E-state index contributed by atoms with van der Waals surface area (Å²) in [6.07, 6.45) is 4.41. The molecule has 0 aliphatic rings. The molecule has 0 fully saturated rings. The number of nitrogens with one attached hydrogen (secondary N) is 1. The van der Waals surface area contributed by atoms with E-state index in [1.165, 1.54) is 6.42 Å². The lowest BCUT2D eigenvalue weighted by Crippen LogP contribution is -2.48. The van der Waals surface area contributed by atoms with Gasteiger partial charge in [-0.3, -0.25) is 0 Å². The van der Waals surface area contributed by atoms with E-state index in [4.69, 9.17) is 0 Å². The van der Waals surface area contributed by atoms with E-state index < -0.39 is 0 Å². The Kier molecular flexibility index (Phi) is 9.70. The van der Waals surface area contributed by atoms with Crippen molar-refractivity contribution in [2.24, 2.45) is 0 Å². The minimum absolute atomic E-state index is 0.0659. The minimum Gasteiger partial charge on any atom is -0.394 e. The van der Waals surface area contributed by atoms with Crippen LogP contribution in [0.25, 0.3) is 0 Å². The number of nitrogens with zero attached hydrogens (tertiary/aromatic N) is 1. The summed E-state index contributed by atoms with van der Waals surface area (Å²) in [5, 5.41) is 13.1. The third-order valence-electron chi connectivity index (χ3n) is 4.25. The summed E-state index contributed by atoms with van der Waals surface area (Å²) in [5.74, 6) is 0. The highest BCUT2D eigenvalue weighted by Gasteiger charge is 2.25.